The highest BCUT2D eigenvalue weighted by atomic mass is 16.3. The van der Waals surface area contributed by atoms with Crippen LogP contribution in [0.25, 0.3) is 11.3 Å². The van der Waals surface area contributed by atoms with Gasteiger partial charge in [0.1, 0.15) is 5.76 Å². The molecule has 0 bridgehead atoms. The number of nitrogens with one attached hydrogen (secondary N) is 2. The van der Waals surface area contributed by atoms with Gasteiger partial charge in [-0.25, -0.2) is 0 Å². The van der Waals surface area contributed by atoms with Gasteiger partial charge in [0.2, 0.25) is 5.91 Å². The molecule has 1 aliphatic rings. The van der Waals surface area contributed by atoms with E-state index in [-0.39, 0.29) is 23.5 Å². The summed E-state index contributed by atoms with van der Waals surface area (Å²) < 4.78 is 5.75. The molecule has 2 aromatic carbocycles. The van der Waals surface area contributed by atoms with E-state index in [0.29, 0.717) is 24.4 Å². The maximum Gasteiger partial charge on any atom is 0.291 e. The van der Waals surface area contributed by atoms with Crippen LogP contribution in [-0.2, 0) is 11.2 Å². The molecule has 1 atom stereocenters. The number of amides is 2. The van der Waals surface area contributed by atoms with E-state index in [0.717, 1.165) is 17.5 Å². The van der Waals surface area contributed by atoms with Crippen LogP contribution in [0.15, 0.2) is 65.1 Å². The summed E-state index contributed by atoms with van der Waals surface area (Å²) in [5.41, 5.74) is 3.92. The van der Waals surface area contributed by atoms with Crippen LogP contribution in [0.4, 0.5) is 5.69 Å². The van der Waals surface area contributed by atoms with Gasteiger partial charge in [-0.2, -0.15) is 0 Å². The van der Waals surface area contributed by atoms with Gasteiger partial charge in [-0.15, -0.1) is 0 Å². The van der Waals surface area contributed by atoms with Gasteiger partial charge in [0.05, 0.1) is 0 Å². The summed E-state index contributed by atoms with van der Waals surface area (Å²) in [4.78, 5) is 24.0. The summed E-state index contributed by atoms with van der Waals surface area (Å²) in [5.74, 6) is 0.837. The number of carbonyl (C=O) groups excluding carboxylic acids is 2. The highest BCUT2D eigenvalue weighted by Gasteiger charge is 2.23. The first-order valence-corrected chi connectivity index (χ1v) is 9.49. The fourth-order valence-corrected chi connectivity index (χ4v) is 3.42. The highest BCUT2D eigenvalue weighted by Crippen LogP contribution is 2.26. The SMILES string of the molecule is CCc1ccc(-c2ccc(C(=O)Nc3cccc([C@H]4CNC(=O)C4)c3)o2)cc1. The fourth-order valence-electron chi connectivity index (χ4n) is 3.42. The van der Waals surface area contributed by atoms with Crippen molar-refractivity contribution in [2.45, 2.75) is 25.7 Å². The van der Waals surface area contributed by atoms with Crippen molar-refractivity contribution in [1.82, 2.24) is 5.32 Å². The molecule has 2 N–H and O–H groups in total. The second kappa shape index (κ2) is 7.72. The van der Waals surface area contributed by atoms with E-state index in [1.165, 1.54) is 5.56 Å². The van der Waals surface area contributed by atoms with Crippen molar-refractivity contribution in [1.29, 1.82) is 0 Å². The van der Waals surface area contributed by atoms with E-state index in [9.17, 15) is 9.59 Å². The van der Waals surface area contributed by atoms with Gasteiger partial charge in [-0.05, 0) is 41.8 Å². The van der Waals surface area contributed by atoms with Crippen molar-refractivity contribution >= 4 is 17.5 Å². The minimum Gasteiger partial charge on any atom is -0.451 e. The fraction of sp³-hybridized carbons (Fsp3) is 0.217. The molecule has 0 unspecified atom stereocenters. The molecule has 1 aromatic heterocycles. The third-order valence-electron chi connectivity index (χ3n) is 5.07. The summed E-state index contributed by atoms with van der Waals surface area (Å²) in [6.45, 7) is 2.75. The second-order valence-corrected chi connectivity index (χ2v) is 7.00. The number of rotatable bonds is 5. The summed E-state index contributed by atoms with van der Waals surface area (Å²) >= 11 is 0. The molecule has 1 saturated heterocycles. The van der Waals surface area contributed by atoms with Gasteiger partial charge >= 0.3 is 0 Å². The second-order valence-electron chi connectivity index (χ2n) is 7.00. The minimum atomic E-state index is -0.297. The smallest absolute Gasteiger partial charge is 0.291 e. The Bertz CT molecular complexity index is 1000. The molecule has 0 aliphatic carbocycles. The number of hydrogen-bond donors (Lipinski definition) is 2. The average molecular weight is 374 g/mol. The van der Waals surface area contributed by atoms with E-state index in [2.05, 4.69) is 29.7 Å². The van der Waals surface area contributed by atoms with Gasteiger partial charge < -0.3 is 15.1 Å². The van der Waals surface area contributed by atoms with Crippen LogP contribution in [0, 0.1) is 0 Å². The molecule has 0 radical (unpaired) electrons. The summed E-state index contributed by atoms with van der Waals surface area (Å²) in [6, 6.07) is 19.2. The van der Waals surface area contributed by atoms with Crippen molar-refractivity contribution in [3.8, 4) is 11.3 Å². The van der Waals surface area contributed by atoms with Crippen LogP contribution < -0.4 is 10.6 Å². The van der Waals surface area contributed by atoms with Gasteiger partial charge in [0.25, 0.3) is 5.91 Å². The molecule has 0 spiro atoms. The zero-order valence-corrected chi connectivity index (χ0v) is 15.7. The molecular weight excluding hydrogens is 352 g/mol. The molecule has 5 heteroatoms. The lowest BCUT2D eigenvalue weighted by atomic mass is 9.98. The summed E-state index contributed by atoms with van der Waals surface area (Å²) in [6.07, 6.45) is 1.46. The number of furan rings is 1. The number of carbonyl (C=O) groups is 2. The Kier molecular flexibility index (Phi) is 4.98. The van der Waals surface area contributed by atoms with E-state index in [1.54, 1.807) is 6.07 Å². The third kappa shape index (κ3) is 3.83. The minimum absolute atomic E-state index is 0.0644. The molecular formula is C23H22N2O3. The Morgan fingerprint density at radius 2 is 1.96 bits per heavy atom. The van der Waals surface area contributed by atoms with Crippen molar-refractivity contribution < 1.29 is 14.0 Å². The van der Waals surface area contributed by atoms with Crippen LogP contribution >= 0.6 is 0 Å². The Morgan fingerprint density at radius 3 is 2.68 bits per heavy atom. The molecule has 28 heavy (non-hydrogen) atoms. The summed E-state index contributed by atoms with van der Waals surface area (Å²) in [7, 11) is 0. The van der Waals surface area contributed by atoms with Crippen molar-refractivity contribution in [3.63, 3.8) is 0 Å². The molecule has 3 aromatic rings. The topological polar surface area (TPSA) is 71.3 Å². The van der Waals surface area contributed by atoms with Crippen LogP contribution in [0.1, 0.15) is 40.9 Å². The largest absolute Gasteiger partial charge is 0.451 e. The summed E-state index contributed by atoms with van der Waals surface area (Å²) in [5, 5.41) is 5.72. The van der Waals surface area contributed by atoms with Gasteiger partial charge in [-0.1, -0.05) is 43.3 Å². The molecule has 5 nitrogen and oxygen atoms in total. The molecule has 2 amide bonds. The number of benzene rings is 2. The monoisotopic (exact) mass is 374 g/mol. The Morgan fingerprint density at radius 1 is 1.14 bits per heavy atom. The van der Waals surface area contributed by atoms with E-state index in [4.69, 9.17) is 4.42 Å². The highest BCUT2D eigenvalue weighted by molar-refractivity contribution is 6.02. The maximum atomic E-state index is 12.6. The maximum absolute atomic E-state index is 12.6. The first kappa shape index (κ1) is 18.0. The molecule has 1 aliphatic heterocycles. The Hall–Kier alpha value is -3.34. The predicted octanol–water partition coefficient (Wildman–Crippen LogP) is 4.36. The van der Waals surface area contributed by atoms with Crippen molar-refractivity contribution in [2.75, 3.05) is 11.9 Å². The zero-order valence-electron chi connectivity index (χ0n) is 15.7. The zero-order chi connectivity index (χ0) is 19.5. The first-order valence-electron chi connectivity index (χ1n) is 9.49. The predicted molar refractivity (Wildman–Crippen MR) is 108 cm³/mol. The lowest BCUT2D eigenvalue weighted by molar-refractivity contribution is -0.119. The Labute approximate surface area is 163 Å². The molecule has 4 rings (SSSR count). The van der Waals surface area contributed by atoms with E-state index in [1.807, 2.05) is 42.5 Å². The van der Waals surface area contributed by atoms with Crippen LogP contribution in [0.3, 0.4) is 0 Å². The lowest BCUT2D eigenvalue weighted by Crippen LogP contribution is -2.13. The third-order valence-corrected chi connectivity index (χ3v) is 5.07. The molecule has 1 fully saturated rings. The van der Waals surface area contributed by atoms with Gasteiger partial charge in [0, 0.05) is 30.1 Å². The lowest BCUT2D eigenvalue weighted by Gasteiger charge is -2.10. The average Bonchev–Trinajstić information content (AvgIpc) is 3.38. The first-order chi connectivity index (χ1) is 13.6. The molecule has 0 saturated carbocycles. The van der Waals surface area contributed by atoms with Crippen LogP contribution in [-0.4, -0.2) is 18.4 Å². The normalized spacial score (nSPS) is 16.0. The van der Waals surface area contributed by atoms with Crippen LogP contribution in [0.5, 0.6) is 0 Å². The van der Waals surface area contributed by atoms with Gasteiger partial charge in [0.15, 0.2) is 5.76 Å². The quantitative estimate of drug-likeness (QED) is 0.697. The number of aryl methyl sites for hydroxylation is 1. The van der Waals surface area contributed by atoms with E-state index < -0.39 is 0 Å². The number of hydrogen-bond acceptors (Lipinski definition) is 3. The Balaban J connectivity index is 1.47. The number of anilines is 1. The van der Waals surface area contributed by atoms with Crippen LogP contribution in [0.2, 0.25) is 0 Å². The molecule has 2 heterocycles. The van der Waals surface area contributed by atoms with Crippen molar-refractivity contribution in [2.24, 2.45) is 0 Å². The van der Waals surface area contributed by atoms with Crippen molar-refractivity contribution in [3.05, 3.63) is 77.6 Å². The van der Waals surface area contributed by atoms with Gasteiger partial charge in [-0.3, -0.25) is 9.59 Å². The standard InChI is InChI=1S/C23H22N2O3/c1-2-15-6-8-16(9-7-15)20-10-11-21(28-20)23(27)25-19-5-3-4-17(12-19)18-13-22(26)24-14-18/h3-12,18H,2,13-14H2,1H3,(H,24,26)(H,25,27)/t18-/m1/s1. The molecule has 142 valence electrons. The van der Waals surface area contributed by atoms with E-state index >= 15 is 0 Å².